The molecule has 3 rings (SSSR count). The van der Waals surface area contributed by atoms with Gasteiger partial charge in [-0.1, -0.05) is 11.8 Å². The van der Waals surface area contributed by atoms with Crippen molar-refractivity contribution in [3.63, 3.8) is 0 Å². The number of nitrogens with two attached hydrogens (primary N) is 1. The summed E-state index contributed by atoms with van der Waals surface area (Å²) in [5, 5.41) is 5.27. The van der Waals surface area contributed by atoms with Crippen molar-refractivity contribution in [3.05, 3.63) is 40.6 Å². The molecule has 5 heteroatoms. The Morgan fingerprint density at radius 2 is 2.28 bits per heavy atom. The van der Waals surface area contributed by atoms with E-state index >= 15 is 0 Å². The average Bonchev–Trinajstić information content (AvgIpc) is 2.97. The summed E-state index contributed by atoms with van der Waals surface area (Å²) in [6.45, 7) is 0. The smallest absolute Gasteiger partial charge is 0.166 e. The number of rotatable bonds is 4. The molecule has 0 aliphatic rings. The molecule has 0 amide bonds. The summed E-state index contributed by atoms with van der Waals surface area (Å²) in [4.78, 5) is 7.82. The minimum atomic E-state index is 0.765. The molecule has 0 radical (unpaired) electrons. The SMILES string of the molecule is Nc1ccc2nc(SCCc3ccsc3)[nH]c2c1. The first kappa shape index (κ1) is 11.6. The zero-order chi connectivity index (χ0) is 12.4. The fourth-order valence-corrected chi connectivity index (χ4v) is 3.35. The second-order valence-corrected chi connectivity index (χ2v) is 5.91. The predicted molar refractivity (Wildman–Crippen MR) is 79.3 cm³/mol. The lowest BCUT2D eigenvalue weighted by atomic mass is 10.3. The number of hydrogen-bond acceptors (Lipinski definition) is 4. The van der Waals surface area contributed by atoms with Crippen LogP contribution in [0.1, 0.15) is 5.56 Å². The van der Waals surface area contributed by atoms with Gasteiger partial charge in [-0.2, -0.15) is 11.3 Å². The van der Waals surface area contributed by atoms with Gasteiger partial charge in [0.1, 0.15) is 0 Å². The number of fused-ring (bicyclic) bond motifs is 1. The van der Waals surface area contributed by atoms with Crippen molar-refractivity contribution in [1.29, 1.82) is 0 Å². The highest BCUT2D eigenvalue weighted by molar-refractivity contribution is 7.99. The summed E-state index contributed by atoms with van der Waals surface area (Å²) in [6.07, 6.45) is 1.08. The van der Waals surface area contributed by atoms with E-state index in [0.29, 0.717) is 0 Å². The van der Waals surface area contributed by atoms with Gasteiger partial charge in [0.15, 0.2) is 5.16 Å². The maximum atomic E-state index is 5.74. The van der Waals surface area contributed by atoms with E-state index in [1.54, 1.807) is 23.1 Å². The molecular formula is C13H13N3S2. The molecule has 2 aromatic heterocycles. The van der Waals surface area contributed by atoms with Crippen LogP contribution in [0.4, 0.5) is 5.69 Å². The number of aryl methyl sites for hydroxylation is 1. The molecule has 18 heavy (non-hydrogen) atoms. The van der Waals surface area contributed by atoms with Gasteiger partial charge in [-0.05, 0) is 47.0 Å². The fraction of sp³-hybridized carbons (Fsp3) is 0.154. The molecule has 3 N–H and O–H groups in total. The Labute approximate surface area is 113 Å². The van der Waals surface area contributed by atoms with E-state index < -0.39 is 0 Å². The lowest BCUT2D eigenvalue weighted by Crippen LogP contribution is -1.86. The molecule has 0 saturated carbocycles. The number of imidazole rings is 1. The fourth-order valence-electron chi connectivity index (χ4n) is 1.77. The second kappa shape index (κ2) is 5.04. The number of H-pyrrole nitrogens is 1. The van der Waals surface area contributed by atoms with E-state index in [9.17, 15) is 0 Å². The summed E-state index contributed by atoms with van der Waals surface area (Å²) in [5.74, 6) is 1.03. The van der Waals surface area contributed by atoms with Gasteiger partial charge in [0.05, 0.1) is 11.0 Å². The van der Waals surface area contributed by atoms with Crippen molar-refractivity contribution in [3.8, 4) is 0 Å². The van der Waals surface area contributed by atoms with Gasteiger partial charge < -0.3 is 10.7 Å². The number of nitrogen functional groups attached to an aromatic ring is 1. The van der Waals surface area contributed by atoms with Crippen LogP contribution < -0.4 is 5.73 Å². The highest BCUT2D eigenvalue weighted by Crippen LogP contribution is 2.22. The summed E-state index contributed by atoms with van der Waals surface area (Å²) >= 11 is 3.49. The zero-order valence-corrected chi connectivity index (χ0v) is 11.4. The molecule has 0 aliphatic heterocycles. The number of nitrogens with zero attached hydrogens (tertiary/aromatic N) is 1. The molecule has 0 unspecified atom stereocenters. The lowest BCUT2D eigenvalue weighted by Gasteiger charge is -1.95. The van der Waals surface area contributed by atoms with Crippen molar-refractivity contribution in [2.45, 2.75) is 11.6 Å². The van der Waals surface area contributed by atoms with Gasteiger partial charge in [0, 0.05) is 11.4 Å². The van der Waals surface area contributed by atoms with Gasteiger partial charge in [0.25, 0.3) is 0 Å². The number of thioether (sulfide) groups is 1. The van der Waals surface area contributed by atoms with E-state index in [1.165, 1.54) is 5.56 Å². The number of anilines is 1. The van der Waals surface area contributed by atoms with Crippen LogP contribution in [0.2, 0.25) is 0 Å². The van der Waals surface area contributed by atoms with Crippen LogP contribution in [0.3, 0.4) is 0 Å². The van der Waals surface area contributed by atoms with E-state index in [0.717, 1.165) is 34.1 Å². The third kappa shape index (κ3) is 2.52. The van der Waals surface area contributed by atoms with Crippen LogP contribution in [0, 0.1) is 0 Å². The van der Waals surface area contributed by atoms with E-state index in [-0.39, 0.29) is 0 Å². The molecule has 0 saturated heterocycles. The Hall–Kier alpha value is -1.46. The van der Waals surface area contributed by atoms with Crippen molar-refractivity contribution in [2.75, 3.05) is 11.5 Å². The Morgan fingerprint density at radius 3 is 3.11 bits per heavy atom. The highest BCUT2D eigenvalue weighted by atomic mass is 32.2. The molecule has 0 bridgehead atoms. The van der Waals surface area contributed by atoms with Gasteiger partial charge in [-0.3, -0.25) is 0 Å². The average molecular weight is 275 g/mol. The molecule has 3 nitrogen and oxygen atoms in total. The Morgan fingerprint density at radius 1 is 1.33 bits per heavy atom. The van der Waals surface area contributed by atoms with E-state index in [4.69, 9.17) is 5.73 Å². The molecule has 0 atom stereocenters. The predicted octanol–water partition coefficient (Wildman–Crippen LogP) is 3.54. The van der Waals surface area contributed by atoms with Crippen molar-refractivity contribution >= 4 is 39.8 Å². The summed E-state index contributed by atoms with van der Waals surface area (Å²) < 4.78 is 0. The van der Waals surface area contributed by atoms with E-state index in [2.05, 4.69) is 26.8 Å². The first-order valence-corrected chi connectivity index (χ1v) is 7.63. The number of aromatic amines is 1. The minimum absolute atomic E-state index is 0.765. The summed E-state index contributed by atoms with van der Waals surface area (Å²) in [5.41, 5.74) is 9.89. The van der Waals surface area contributed by atoms with Crippen LogP contribution in [0.15, 0.2) is 40.2 Å². The largest absolute Gasteiger partial charge is 0.399 e. The monoisotopic (exact) mass is 275 g/mol. The molecule has 0 spiro atoms. The van der Waals surface area contributed by atoms with Crippen molar-refractivity contribution < 1.29 is 0 Å². The lowest BCUT2D eigenvalue weighted by molar-refractivity contribution is 1.07. The maximum absolute atomic E-state index is 5.74. The number of thiophene rings is 1. The standard InChI is InChI=1S/C13H13N3S2/c14-10-1-2-11-12(7-10)16-13(15-11)18-6-4-9-3-5-17-8-9/h1-3,5,7-8H,4,6,14H2,(H,15,16). The Balaban J connectivity index is 1.67. The van der Waals surface area contributed by atoms with Gasteiger partial charge in [-0.25, -0.2) is 4.98 Å². The number of hydrogen-bond donors (Lipinski definition) is 2. The van der Waals surface area contributed by atoms with Crippen molar-refractivity contribution in [2.24, 2.45) is 0 Å². The highest BCUT2D eigenvalue weighted by Gasteiger charge is 2.03. The van der Waals surface area contributed by atoms with Crippen LogP contribution in [-0.4, -0.2) is 15.7 Å². The summed E-state index contributed by atoms with van der Waals surface area (Å²) in [7, 11) is 0. The topological polar surface area (TPSA) is 54.7 Å². The number of nitrogens with one attached hydrogen (secondary N) is 1. The van der Waals surface area contributed by atoms with Gasteiger partial charge in [0.2, 0.25) is 0 Å². The molecule has 3 aromatic rings. The van der Waals surface area contributed by atoms with E-state index in [1.807, 2.05) is 18.2 Å². The number of benzene rings is 1. The first-order chi connectivity index (χ1) is 8.81. The molecule has 92 valence electrons. The van der Waals surface area contributed by atoms with Gasteiger partial charge >= 0.3 is 0 Å². The zero-order valence-electron chi connectivity index (χ0n) is 9.72. The molecule has 0 aliphatic carbocycles. The van der Waals surface area contributed by atoms with Crippen LogP contribution in [0.25, 0.3) is 11.0 Å². The molecular weight excluding hydrogens is 262 g/mol. The van der Waals surface area contributed by atoms with Crippen LogP contribution in [-0.2, 0) is 6.42 Å². The maximum Gasteiger partial charge on any atom is 0.166 e. The third-order valence-corrected chi connectivity index (χ3v) is 4.30. The third-order valence-electron chi connectivity index (χ3n) is 2.69. The minimum Gasteiger partial charge on any atom is -0.399 e. The van der Waals surface area contributed by atoms with Gasteiger partial charge in [-0.15, -0.1) is 0 Å². The Kier molecular flexibility index (Phi) is 3.25. The van der Waals surface area contributed by atoms with Crippen LogP contribution >= 0.6 is 23.1 Å². The quantitative estimate of drug-likeness (QED) is 0.565. The first-order valence-electron chi connectivity index (χ1n) is 5.70. The Bertz CT molecular complexity index is 643. The van der Waals surface area contributed by atoms with Crippen molar-refractivity contribution in [1.82, 2.24) is 9.97 Å². The van der Waals surface area contributed by atoms with Crippen LogP contribution in [0.5, 0.6) is 0 Å². The molecule has 2 heterocycles. The summed E-state index contributed by atoms with van der Waals surface area (Å²) in [6, 6.07) is 7.92. The normalized spacial score (nSPS) is 11.1. The molecule has 1 aromatic carbocycles. The molecule has 0 fully saturated rings. The number of aromatic nitrogens is 2. The second-order valence-electron chi connectivity index (χ2n) is 4.05.